The van der Waals surface area contributed by atoms with E-state index in [4.69, 9.17) is 9.84 Å². The predicted molar refractivity (Wildman–Crippen MR) is 103 cm³/mol. The van der Waals surface area contributed by atoms with Crippen molar-refractivity contribution in [1.82, 2.24) is 0 Å². The first kappa shape index (κ1) is 19.1. The number of anilines is 1. The van der Waals surface area contributed by atoms with E-state index in [1.54, 1.807) is 25.3 Å². The summed E-state index contributed by atoms with van der Waals surface area (Å²) in [6.45, 7) is 5.99. The molecule has 0 unspecified atom stereocenters. The maximum atomic E-state index is 11.0. The van der Waals surface area contributed by atoms with Gasteiger partial charge in [0.1, 0.15) is 5.75 Å². The van der Waals surface area contributed by atoms with Crippen LogP contribution in [-0.4, -0.2) is 31.3 Å². The van der Waals surface area contributed by atoms with Crippen LogP contribution in [-0.2, 0) is 0 Å². The first-order chi connectivity index (χ1) is 12.5. The number of ether oxygens (including phenoxy) is 1. The number of nitriles is 1. The largest absolute Gasteiger partial charge is 0.496 e. The third-order valence-electron chi connectivity index (χ3n) is 4.21. The Morgan fingerprint density at radius 2 is 1.77 bits per heavy atom. The Balaban J connectivity index is 2.42. The third kappa shape index (κ3) is 4.22. The van der Waals surface area contributed by atoms with Crippen molar-refractivity contribution in [3.63, 3.8) is 0 Å². The number of carboxylic acids is 1. The Hall–Kier alpha value is -3.26. The van der Waals surface area contributed by atoms with Crippen LogP contribution in [0, 0.1) is 11.3 Å². The molecule has 2 rings (SSSR count). The molecule has 2 aromatic carbocycles. The van der Waals surface area contributed by atoms with Crippen molar-refractivity contribution < 1.29 is 14.6 Å². The van der Waals surface area contributed by atoms with Gasteiger partial charge in [-0.15, -0.1) is 0 Å². The smallest absolute Gasteiger partial charge is 0.335 e. The molecule has 0 amide bonds. The minimum absolute atomic E-state index is 0.187. The fourth-order valence-corrected chi connectivity index (χ4v) is 2.73. The highest BCUT2D eigenvalue weighted by Gasteiger charge is 2.10. The molecule has 0 radical (unpaired) electrons. The average molecular weight is 350 g/mol. The topological polar surface area (TPSA) is 73.6 Å². The molecule has 134 valence electrons. The Morgan fingerprint density at radius 3 is 2.27 bits per heavy atom. The minimum Gasteiger partial charge on any atom is -0.496 e. The lowest BCUT2D eigenvalue weighted by molar-refractivity contribution is 0.0697. The molecular formula is C21H22N2O3. The number of hydrogen-bond acceptors (Lipinski definition) is 4. The van der Waals surface area contributed by atoms with Crippen LogP contribution in [0.5, 0.6) is 5.75 Å². The van der Waals surface area contributed by atoms with Crippen LogP contribution < -0.4 is 9.64 Å². The van der Waals surface area contributed by atoms with Crippen LogP contribution in [0.4, 0.5) is 5.69 Å². The summed E-state index contributed by atoms with van der Waals surface area (Å²) in [5, 5.41) is 18.5. The molecule has 0 saturated heterocycles. The summed E-state index contributed by atoms with van der Waals surface area (Å²) in [5.74, 6) is -0.308. The standard InChI is InChI=1S/C21H22N2O3/c1-4-23(5-2)19-11-10-17(20(13-19)26-3)12-18(14-22)15-6-8-16(9-7-15)21(24)25/h6-13H,4-5H2,1-3H3,(H,24,25)/b18-12-. The maximum absolute atomic E-state index is 11.0. The van der Waals surface area contributed by atoms with Crippen molar-refractivity contribution in [3.8, 4) is 11.8 Å². The molecule has 0 spiro atoms. The Kier molecular flexibility index (Phi) is 6.40. The number of benzene rings is 2. The second-order valence-electron chi connectivity index (χ2n) is 5.65. The second kappa shape index (κ2) is 8.72. The Morgan fingerprint density at radius 1 is 1.15 bits per heavy atom. The monoisotopic (exact) mass is 350 g/mol. The van der Waals surface area contributed by atoms with E-state index >= 15 is 0 Å². The molecule has 0 saturated carbocycles. The summed E-state index contributed by atoms with van der Waals surface area (Å²) in [7, 11) is 1.60. The molecule has 26 heavy (non-hydrogen) atoms. The third-order valence-corrected chi connectivity index (χ3v) is 4.21. The quantitative estimate of drug-likeness (QED) is 0.595. The van der Waals surface area contributed by atoms with Gasteiger partial charge in [0.05, 0.1) is 24.3 Å². The molecule has 5 heteroatoms. The van der Waals surface area contributed by atoms with Gasteiger partial charge in [0.15, 0.2) is 0 Å². The molecular weight excluding hydrogens is 328 g/mol. The lowest BCUT2D eigenvalue weighted by Crippen LogP contribution is -2.21. The number of hydrogen-bond donors (Lipinski definition) is 1. The van der Waals surface area contributed by atoms with Gasteiger partial charge in [-0.1, -0.05) is 12.1 Å². The number of aromatic carboxylic acids is 1. The number of rotatable bonds is 7. The highest BCUT2D eigenvalue weighted by Crippen LogP contribution is 2.29. The SMILES string of the molecule is CCN(CC)c1ccc(/C=C(/C#N)c2ccc(C(=O)O)cc2)c(OC)c1. The van der Waals surface area contributed by atoms with E-state index < -0.39 is 5.97 Å². The highest BCUT2D eigenvalue weighted by atomic mass is 16.5. The molecule has 0 atom stereocenters. The Bertz CT molecular complexity index is 845. The van der Waals surface area contributed by atoms with Gasteiger partial charge in [-0.3, -0.25) is 0 Å². The van der Waals surface area contributed by atoms with E-state index in [0.717, 1.165) is 24.3 Å². The fourth-order valence-electron chi connectivity index (χ4n) is 2.73. The number of carbonyl (C=O) groups is 1. The van der Waals surface area contributed by atoms with Gasteiger partial charge >= 0.3 is 5.97 Å². The molecule has 0 aromatic heterocycles. The molecule has 1 N–H and O–H groups in total. The summed E-state index contributed by atoms with van der Waals surface area (Å²) in [6, 6.07) is 14.3. The molecule has 0 aliphatic carbocycles. The summed E-state index contributed by atoms with van der Waals surface area (Å²) in [4.78, 5) is 13.2. The molecule has 5 nitrogen and oxygen atoms in total. The van der Waals surface area contributed by atoms with Gasteiger partial charge in [-0.25, -0.2) is 4.79 Å². The summed E-state index contributed by atoms with van der Waals surface area (Å²) in [5.41, 5.74) is 3.14. The zero-order chi connectivity index (χ0) is 19.1. The van der Waals surface area contributed by atoms with Gasteiger partial charge in [-0.05, 0) is 49.8 Å². The molecule has 2 aromatic rings. The van der Waals surface area contributed by atoms with Crippen LogP contribution in [0.3, 0.4) is 0 Å². The van der Waals surface area contributed by atoms with Crippen molar-refractivity contribution >= 4 is 23.3 Å². The summed E-state index contributed by atoms with van der Waals surface area (Å²) >= 11 is 0. The zero-order valence-corrected chi connectivity index (χ0v) is 15.2. The highest BCUT2D eigenvalue weighted by molar-refractivity contribution is 5.93. The molecule has 0 bridgehead atoms. The Labute approximate surface area is 153 Å². The van der Waals surface area contributed by atoms with E-state index in [0.29, 0.717) is 16.9 Å². The first-order valence-electron chi connectivity index (χ1n) is 8.42. The van der Waals surface area contributed by atoms with Crippen LogP contribution in [0.1, 0.15) is 35.3 Å². The molecule has 0 fully saturated rings. The number of allylic oxidation sites excluding steroid dienone is 1. The summed E-state index contributed by atoms with van der Waals surface area (Å²) in [6.07, 6.45) is 1.75. The minimum atomic E-state index is -0.993. The van der Waals surface area contributed by atoms with Gasteiger partial charge in [0, 0.05) is 30.4 Å². The van der Waals surface area contributed by atoms with Crippen LogP contribution in [0.15, 0.2) is 42.5 Å². The lowest BCUT2D eigenvalue weighted by atomic mass is 10.0. The van der Waals surface area contributed by atoms with Crippen molar-refractivity contribution in [2.75, 3.05) is 25.1 Å². The lowest BCUT2D eigenvalue weighted by Gasteiger charge is -2.22. The maximum Gasteiger partial charge on any atom is 0.335 e. The van der Waals surface area contributed by atoms with E-state index in [-0.39, 0.29) is 5.56 Å². The fraction of sp³-hybridized carbons (Fsp3) is 0.238. The number of nitrogens with zero attached hydrogens (tertiary/aromatic N) is 2. The predicted octanol–water partition coefficient (Wildman–Crippen LogP) is 4.30. The van der Waals surface area contributed by atoms with Gasteiger partial charge < -0.3 is 14.7 Å². The van der Waals surface area contributed by atoms with Gasteiger partial charge in [0.2, 0.25) is 0 Å². The summed E-state index contributed by atoms with van der Waals surface area (Å²) < 4.78 is 5.50. The van der Waals surface area contributed by atoms with E-state index in [1.165, 1.54) is 12.1 Å². The van der Waals surface area contributed by atoms with E-state index in [1.807, 2.05) is 18.2 Å². The number of carboxylic acid groups (broad SMARTS) is 1. The van der Waals surface area contributed by atoms with E-state index in [2.05, 4.69) is 24.8 Å². The molecule has 0 aliphatic rings. The van der Waals surface area contributed by atoms with Crippen molar-refractivity contribution in [2.24, 2.45) is 0 Å². The van der Waals surface area contributed by atoms with Crippen molar-refractivity contribution in [2.45, 2.75) is 13.8 Å². The van der Waals surface area contributed by atoms with Crippen molar-refractivity contribution in [1.29, 1.82) is 5.26 Å². The molecule has 0 aliphatic heterocycles. The van der Waals surface area contributed by atoms with Crippen molar-refractivity contribution in [3.05, 3.63) is 59.2 Å². The van der Waals surface area contributed by atoms with Gasteiger partial charge in [0.25, 0.3) is 0 Å². The molecule has 0 heterocycles. The first-order valence-corrected chi connectivity index (χ1v) is 8.42. The van der Waals surface area contributed by atoms with Gasteiger partial charge in [-0.2, -0.15) is 5.26 Å². The average Bonchev–Trinajstić information content (AvgIpc) is 2.67. The zero-order valence-electron chi connectivity index (χ0n) is 15.2. The van der Waals surface area contributed by atoms with E-state index in [9.17, 15) is 10.1 Å². The van der Waals surface area contributed by atoms with Crippen LogP contribution >= 0.6 is 0 Å². The van der Waals surface area contributed by atoms with Crippen LogP contribution in [0.25, 0.3) is 11.6 Å². The second-order valence-corrected chi connectivity index (χ2v) is 5.65. The normalized spacial score (nSPS) is 10.9. The van der Waals surface area contributed by atoms with Crippen LogP contribution in [0.2, 0.25) is 0 Å². The number of methoxy groups -OCH3 is 1.